The molecule has 1 aromatic carbocycles. The molecule has 6 nitrogen and oxygen atoms in total. The molecule has 0 saturated heterocycles. The molecule has 1 atom stereocenters. The SMILES string of the molecule is CCn1cc(Cc2c(OC)ccnc2Cl)cn1.C[C@H]1OB(O)c2ccc(F)cc21. The van der Waals surface area contributed by atoms with Crippen LogP contribution in [0.5, 0.6) is 5.75 Å². The number of hydrogen-bond acceptors (Lipinski definition) is 5. The molecular formula is C20H22BClFN3O3. The lowest BCUT2D eigenvalue weighted by Crippen LogP contribution is -2.27. The lowest BCUT2D eigenvalue weighted by Gasteiger charge is -2.08. The van der Waals surface area contributed by atoms with E-state index in [0.717, 1.165) is 29.0 Å². The van der Waals surface area contributed by atoms with Crippen LogP contribution in [0.15, 0.2) is 42.9 Å². The molecule has 152 valence electrons. The monoisotopic (exact) mass is 417 g/mol. The van der Waals surface area contributed by atoms with Gasteiger partial charge in [-0.05, 0) is 48.6 Å². The number of aryl methyl sites for hydroxylation is 1. The molecule has 0 fully saturated rings. The second kappa shape index (κ2) is 9.39. The number of hydrogen-bond donors (Lipinski definition) is 1. The smallest absolute Gasteiger partial charge is 0.491 e. The van der Waals surface area contributed by atoms with Gasteiger partial charge in [0.25, 0.3) is 0 Å². The normalized spacial score (nSPS) is 15.0. The molecule has 3 aromatic rings. The lowest BCUT2D eigenvalue weighted by molar-refractivity contribution is 0.208. The van der Waals surface area contributed by atoms with Crippen molar-refractivity contribution in [2.45, 2.75) is 32.9 Å². The summed E-state index contributed by atoms with van der Waals surface area (Å²) in [6.07, 6.45) is 5.94. The zero-order valence-electron chi connectivity index (χ0n) is 16.5. The lowest BCUT2D eigenvalue weighted by atomic mass is 9.79. The van der Waals surface area contributed by atoms with Crippen molar-refractivity contribution in [1.82, 2.24) is 14.8 Å². The standard InChI is InChI=1S/C12H14ClN3O.C8H8BFO2/c1-3-16-8-9(7-15-16)6-10-11(17-2)4-5-14-12(10)13;1-5-7-4-6(10)2-3-8(7)9(11)12-5/h4-5,7-8H,3,6H2,1-2H3;2-5,11H,1H3/t;5-/m.1/s1. The Morgan fingerprint density at radius 2 is 2.17 bits per heavy atom. The van der Waals surface area contributed by atoms with Crippen LogP contribution in [0, 0.1) is 5.82 Å². The molecule has 0 saturated carbocycles. The highest BCUT2D eigenvalue weighted by molar-refractivity contribution is 6.61. The minimum Gasteiger partial charge on any atom is -0.496 e. The van der Waals surface area contributed by atoms with E-state index in [0.29, 0.717) is 17.0 Å². The highest BCUT2D eigenvalue weighted by atomic mass is 35.5. The fourth-order valence-electron chi connectivity index (χ4n) is 3.14. The van der Waals surface area contributed by atoms with E-state index >= 15 is 0 Å². The van der Waals surface area contributed by atoms with Crippen molar-refractivity contribution in [3.63, 3.8) is 0 Å². The van der Waals surface area contributed by atoms with E-state index in [4.69, 9.17) is 21.0 Å². The fourth-order valence-corrected chi connectivity index (χ4v) is 3.36. The molecule has 0 spiro atoms. The van der Waals surface area contributed by atoms with Gasteiger partial charge in [0.1, 0.15) is 16.7 Å². The fraction of sp³-hybridized carbons (Fsp3) is 0.300. The molecular weight excluding hydrogens is 396 g/mol. The van der Waals surface area contributed by atoms with Crippen LogP contribution in [-0.4, -0.2) is 34.0 Å². The first-order chi connectivity index (χ1) is 13.9. The van der Waals surface area contributed by atoms with Gasteiger partial charge in [-0.2, -0.15) is 5.10 Å². The number of aromatic nitrogens is 3. The first-order valence-electron chi connectivity index (χ1n) is 9.24. The Labute approximate surface area is 174 Å². The van der Waals surface area contributed by atoms with Gasteiger partial charge >= 0.3 is 7.12 Å². The van der Waals surface area contributed by atoms with Crippen molar-refractivity contribution < 1.29 is 18.8 Å². The van der Waals surface area contributed by atoms with E-state index in [-0.39, 0.29) is 11.9 Å². The Hall–Kier alpha value is -2.42. The summed E-state index contributed by atoms with van der Waals surface area (Å²) < 4.78 is 25.0. The number of rotatable bonds is 4. The van der Waals surface area contributed by atoms with Gasteiger partial charge in [-0.25, -0.2) is 9.37 Å². The molecule has 0 amide bonds. The van der Waals surface area contributed by atoms with Crippen molar-refractivity contribution in [1.29, 1.82) is 0 Å². The first-order valence-corrected chi connectivity index (χ1v) is 9.62. The predicted octanol–water partition coefficient (Wildman–Crippen LogP) is 3.16. The van der Waals surface area contributed by atoms with Gasteiger partial charge < -0.3 is 14.4 Å². The summed E-state index contributed by atoms with van der Waals surface area (Å²) in [7, 11) is 0.737. The van der Waals surface area contributed by atoms with Crippen LogP contribution in [0.4, 0.5) is 4.39 Å². The Morgan fingerprint density at radius 3 is 2.86 bits per heavy atom. The van der Waals surface area contributed by atoms with Crippen LogP contribution in [0.25, 0.3) is 0 Å². The molecule has 9 heteroatoms. The van der Waals surface area contributed by atoms with Crippen LogP contribution in [0.3, 0.4) is 0 Å². The molecule has 0 unspecified atom stereocenters. The zero-order valence-corrected chi connectivity index (χ0v) is 17.2. The topological polar surface area (TPSA) is 69.4 Å². The summed E-state index contributed by atoms with van der Waals surface area (Å²) in [4.78, 5) is 4.07. The molecule has 1 aliphatic rings. The van der Waals surface area contributed by atoms with E-state index in [9.17, 15) is 9.41 Å². The van der Waals surface area contributed by atoms with Gasteiger partial charge in [0.15, 0.2) is 0 Å². The Balaban J connectivity index is 0.000000176. The van der Waals surface area contributed by atoms with Gasteiger partial charge in [0.05, 0.1) is 19.4 Å². The molecule has 0 bridgehead atoms. The van der Waals surface area contributed by atoms with Crippen molar-refractivity contribution in [3.8, 4) is 5.75 Å². The number of nitrogens with zero attached hydrogens (tertiary/aromatic N) is 3. The highest BCUT2D eigenvalue weighted by Crippen LogP contribution is 2.26. The number of ether oxygens (including phenoxy) is 1. The van der Waals surface area contributed by atoms with E-state index < -0.39 is 7.12 Å². The van der Waals surface area contributed by atoms with Crippen LogP contribution >= 0.6 is 11.6 Å². The summed E-state index contributed by atoms with van der Waals surface area (Å²) in [6, 6.07) is 6.09. The largest absolute Gasteiger partial charge is 0.496 e. The molecule has 0 aliphatic carbocycles. The zero-order chi connectivity index (χ0) is 21.0. The maximum Gasteiger partial charge on any atom is 0.491 e. The molecule has 1 N–H and O–H groups in total. The third kappa shape index (κ3) is 4.96. The van der Waals surface area contributed by atoms with Crippen LogP contribution in [-0.2, 0) is 17.6 Å². The van der Waals surface area contributed by atoms with Gasteiger partial charge in [-0.15, -0.1) is 0 Å². The molecule has 2 aromatic heterocycles. The first kappa shape index (κ1) is 21.3. The van der Waals surface area contributed by atoms with Gasteiger partial charge in [0, 0.05) is 30.9 Å². The van der Waals surface area contributed by atoms with Crippen molar-refractivity contribution in [2.24, 2.45) is 0 Å². The molecule has 4 rings (SSSR count). The van der Waals surface area contributed by atoms with Crippen LogP contribution in [0.2, 0.25) is 5.15 Å². The second-order valence-electron chi connectivity index (χ2n) is 6.57. The third-order valence-corrected chi connectivity index (χ3v) is 4.98. The third-order valence-electron chi connectivity index (χ3n) is 4.66. The quantitative estimate of drug-likeness (QED) is 0.522. The average Bonchev–Trinajstić information content (AvgIpc) is 3.28. The van der Waals surface area contributed by atoms with Crippen LogP contribution < -0.4 is 10.2 Å². The number of pyridine rings is 1. The van der Waals surface area contributed by atoms with Gasteiger partial charge in [-0.1, -0.05) is 17.7 Å². The van der Waals surface area contributed by atoms with Crippen molar-refractivity contribution >= 4 is 24.2 Å². The molecule has 3 heterocycles. The molecule has 0 radical (unpaired) electrons. The summed E-state index contributed by atoms with van der Waals surface area (Å²) >= 11 is 6.08. The average molecular weight is 418 g/mol. The Morgan fingerprint density at radius 1 is 1.38 bits per heavy atom. The number of benzene rings is 1. The predicted molar refractivity (Wildman–Crippen MR) is 110 cm³/mol. The number of halogens is 2. The number of methoxy groups -OCH3 is 1. The van der Waals surface area contributed by atoms with Gasteiger partial charge in [0.2, 0.25) is 0 Å². The minimum absolute atomic E-state index is 0.217. The maximum atomic E-state index is 12.7. The maximum absolute atomic E-state index is 12.7. The molecule has 29 heavy (non-hydrogen) atoms. The highest BCUT2D eigenvalue weighted by Gasteiger charge is 2.32. The van der Waals surface area contributed by atoms with E-state index in [1.807, 2.05) is 23.1 Å². The molecule has 1 aliphatic heterocycles. The Kier molecular flexibility index (Phi) is 6.89. The van der Waals surface area contributed by atoms with E-state index in [1.54, 1.807) is 26.3 Å². The van der Waals surface area contributed by atoms with Crippen LogP contribution in [0.1, 0.15) is 36.6 Å². The number of fused-ring (bicyclic) bond motifs is 1. The van der Waals surface area contributed by atoms with Gasteiger partial charge in [-0.3, -0.25) is 4.68 Å². The summed E-state index contributed by atoms with van der Waals surface area (Å²) in [5, 5.41) is 14.0. The van der Waals surface area contributed by atoms with E-state index in [1.165, 1.54) is 12.1 Å². The minimum atomic E-state index is -0.893. The summed E-state index contributed by atoms with van der Waals surface area (Å²) in [6.45, 7) is 4.70. The van der Waals surface area contributed by atoms with E-state index in [2.05, 4.69) is 17.0 Å². The Bertz CT molecular complexity index is 985. The van der Waals surface area contributed by atoms with Crippen molar-refractivity contribution in [3.05, 3.63) is 70.5 Å². The van der Waals surface area contributed by atoms with Crippen molar-refractivity contribution in [2.75, 3.05) is 7.11 Å². The summed E-state index contributed by atoms with van der Waals surface area (Å²) in [5.74, 6) is 0.465. The second-order valence-corrected chi connectivity index (χ2v) is 6.93. The summed E-state index contributed by atoms with van der Waals surface area (Å²) in [5.41, 5.74) is 3.40.